The van der Waals surface area contributed by atoms with Crippen molar-refractivity contribution in [2.75, 3.05) is 7.11 Å². The fourth-order valence-electron chi connectivity index (χ4n) is 1.28. The number of carbonyl (C=O) groups excluding carboxylic acids is 1. The molecule has 0 heterocycles. The predicted molar refractivity (Wildman–Crippen MR) is 64.2 cm³/mol. The third-order valence-corrected chi connectivity index (χ3v) is 2.61. The van der Waals surface area contributed by atoms with Crippen molar-refractivity contribution in [3.05, 3.63) is 40.9 Å². The number of ether oxygens (including phenoxy) is 1. The maximum Gasteiger partial charge on any atom is 0.140 e. The van der Waals surface area contributed by atoms with Crippen LogP contribution in [0.15, 0.2) is 35.3 Å². The van der Waals surface area contributed by atoms with Gasteiger partial charge in [0.25, 0.3) is 0 Å². The molecule has 15 heavy (non-hydrogen) atoms. The largest absolute Gasteiger partial charge is 0.496 e. The van der Waals surface area contributed by atoms with Crippen LogP contribution in [-0.4, -0.2) is 12.9 Å². The van der Waals surface area contributed by atoms with Crippen molar-refractivity contribution in [3.63, 3.8) is 0 Å². The predicted octanol–water partition coefficient (Wildman–Crippen LogP) is 3.15. The molecule has 1 aromatic carbocycles. The van der Waals surface area contributed by atoms with Gasteiger partial charge in [0.1, 0.15) is 11.5 Å². The van der Waals surface area contributed by atoms with Gasteiger partial charge in [-0.2, -0.15) is 0 Å². The summed E-state index contributed by atoms with van der Waals surface area (Å²) in [6, 6.07) is 5.64. The Balaban J connectivity index is 2.75. The summed E-state index contributed by atoms with van der Waals surface area (Å²) in [4.78, 5) is 11.4. The van der Waals surface area contributed by atoms with E-state index in [2.05, 4.69) is 22.5 Å². The molecule has 0 fully saturated rings. The monoisotopic (exact) mass is 268 g/mol. The molecule has 0 aromatic heterocycles. The summed E-state index contributed by atoms with van der Waals surface area (Å²) in [5.41, 5.74) is 0.981. The van der Waals surface area contributed by atoms with E-state index in [1.54, 1.807) is 13.2 Å². The van der Waals surface area contributed by atoms with Gasteiger partial charge < -0.3 is 4.74 Å². The number of allylic oxidation sites excluding steroid dienone is 1. The van der Waals surface area contributed by atoms with Crippen LogP contribution in [0.3, 0.4) is 0 Å². The van der Waals surface area contributed by atoms with Gasteiger partial charge in [-0.25, -0.2) is 0 Å². The van der Waals surface area contributed by atoms with Crippen molar-refractivity contribution in [2.45, 2.75) is 12.8 Å². The minimum absolute atomic E-state index is 0.169. The fourth-order valence-corrected chi connectivity index (χ4v) is 1.87. The SMILES string of the molecule is C=CCC(=O)Cc1ccc(OC)c(Br)c1. The summed E-state index contributed by atoms with van der Waals surface area (Å²) >= 11 is 3.38. The summed E-state index contributed by atoms with van der Waals surface area (Å²) in [6.45, 7) is 3.54. The van der Waals surface area contributed by atoms with Crippen LogP contribution in [-0.2, 0) is 11.2 Å². The molecule has 0 spiro atoms. The van der Waals surface area contributed by atoms with E-state index in [1.165, 1.54) is 0 Å². The lowest BCUT2D eigenvalue weighted by atomic mass is 10.1. The van der Waals surface area contributed by atoms with Gasteiger partial charge in [-0.15, -0.1) is 6.58 Å². The van der Waals surface area contributed by atoms with Gasteiger partial charge in [-0.05, 0) is 33.6 Å². The number of Topliss-reactive ketones (excluding diaryl/α,β-unsaturated/α-hetero) is 1. The lowest BCUT2D eigenvalue weighted by molar-refractivity contribution is -0.117. The standard InChI is InChI=1S/C12H13BrO2/c1-3-4-10(14)7-9-5-6-12(15-2)11(13)8-9/h3,5-6,8H,1,4,7H2,2H3. The zero-order valence-electron chi connectivity index (χ0n) is 8.63. The maximum absolute atomic E-state index is 11.4. The maximum atomic E-state index is 11.4. The van der Waals surface area contributed by atoms with Gasteiger partial charge >= 0.3 is 0 Å². The number of halogens is 1. The summed E-state index contributed by atoms with van der Waals surface area (Å²) < 4.78 is 5.97. The number of carbonyl (C=O) groups is 1. The number of hydrogen-bond donors (Lipinski definition) is 0. The lowest BCUT2D eigenvalue weighted by Gasteiger charge is -2.05. The lowest BCUT2D eigenvalue weighted by Crippen LogP contribution is -2.00. The molecule has 0 saturated carbocycles. The highest BCUT2D eigenvalue weighted by atomic mass is 79.9. The van der Waals surface area contributed by atoms with E-state index in [1.807, 2.05) is 18.2 Å². The average molecular weight is 269 g/mol. The van der Waals surface area contributed by atoms with E-state index in [0.717, 1.165) is 15.8 Å². The van der Waals surface area contributed by atoms with Crippen molar-refractivity contribution in [1.29, 1.82) is 0 Å². The first kappa shape index (κ1) is 12.0. The molecular weight excluding hydrogens is 256 g/mol. The fraction of sp³-hybridized carbons (Fsp3) is 0.250. The zero-order valence-corrected chi connectivity index (χ0v) is 10.2. The van der Waals surface area contributed by atoms with Gasteiger partial charge in [-0.3, -0.25) is 4.79 Å². The van der Waals surface area contributed by atoms with Crippen LogP contribution in [0.25, 0.3) is 0 Å². The quantitative estimate of drug-likeness (QED) is 0.767. The van der Waals surface area contributed by atoms with Gasteiger partial charge in [0.05, 0.1) is 11.6 Å². The summed E-state index contributed by atoms with van der Waals surface area (Å²) in [5.74, 6) is 0.942. The molecule has 1 rings (SSSR count). The molecular formula is C12H13BrO2. The van der Waals surface area contributed by atoms with Crippen LogP contribution < -0.4 is 4.74 Å². The van der Waals surface area contributed by atoms with Gasteiger partial charge in [0, 0.05) is 12.8 Å². The molecule has 0 amide bonds. The van der Waals surface area contributed by atoms with Crippen molar-refractivity contribution in [1.82, 2.24) is 0 Å². The van der Waals surface area contributed by atoms with Crippen LogP contribution in [0.2, 0.25) is 0 Å². The Labute approximate surface area is 98.1 Å². The molecule has 2 nitrogen and oxygen atoms in total. The Kier molecular flexibility index (Phi) is 4.56. The first-order valence-corrected chi connectivity index (χ1v) is 5.41. The molecule has 0 bridgehead atoms. The average Bonchev–Trinajstić information content (AvgIpc) is 2.18. The molecule has 80 valence electrons. The molecule has 0 atom stereocenters. The minimum atomic E-state index is 0.169. The highest BCUT2D eigenvalue weighted by molar-refractivity contribution is 9.10. The minimum Gasteiger partial charge on any atom is -0.496 e. The Morgan fingerprint density at radius 1 is 1.60 bits per heavy atom. The Bertz CT molecular complexity index is 372. The molecule has 0 saturated heterocycles. The van der Waals surface area contributed by atoms with Gasteiger partial charge in [-0.1, -0.05) is 12.1 Å². The Morgan fingerprint density at radius 3 is 2.87 bits per heavy atom. The molecule has 0 aliphatic heterocycles. The summed E-state index contributed by atoms with van der Waals surface area (Å²) in [7, 11) is 1.61. The number of benzene rings is 1. The molecule has 3 heteroatoms. The summed E-state index contributed by atoms with van der Waals surface area (Å²) in [5, 5.41) is 0. The molecule has 0 N–H and O–H groups in total. The Morgan fingerprint density at radius 2 is 2.33 bits per heavy atom. The zero-order chi connectivity index (χ0) is 11.3. The number of hydrogen-bond acceptors (Lipinski definition) is 2. The van der Waals surface area contributed by atoms with Crippen LogP contribution in [0.4, 0.5) is 0 Å². The van der Waals surface area contributed by atoms with E-state index < -0.39 is 0 Å². The topological polar surface area (TPSA) is 26.3 Å². The number of rotatable bonds is 5. The Hall–Kier alpha value is -1.09. The van der Waals surface area contributed by atoms with Crippen LogP contribution >= 0.6 is 15.9 Å². The van der Waals surface area contributed by atoms with Gasteiger partial charge in [0.15, 0.2) is 0 Å². The molecule has 0 radical (unpaired) electrons. The highest BCUT2D eigenvalue weighted by Crippen LogP contribution is 2.25. The second-order valence-electron chi connectivity index (χ2n) is 3.18. The van der Waals surface area contributed by atoms with Crippen molar-refractivity contribution in [2.24, 2.45) is 0 Å². The number of methoxy groups -OCH3 is 1. The van der Waals surface area contributed by atoms with E-state index >= 15 is 0 Å². The van der Waals surface area contributed by atoms with E-state index in [0.29, 0.717) is 12.8 Å². The third kappa shape index (κ3) is 3.51. The number of ketones is 1. The summed E-state index contributed by atoms with van der Waals surface area (Å²) in [6.07, 6.45) is 2.49. The van der Waals surface area contributed by atoms with Crippen molar-refractivity contribution >= 4 is 21.7 Å². The highest BCUT2D eigenvalue weighted by Gasteiger charge is 2.05. The van der Waals surface area contributed by atoms with Gasteiger partial charge in [0.2, 0.25) is 0 Å². The van der Waals surface area contributed by atoms with Crippen molar-refractivity contribution < 1.29 is 9.53 Å². The van der Waals surface area contributed by atoms with Crippen LogP contribution in [0, 0.1) is 0 Å². The van der Waals surface area contributed by atoms with E-state index in [4.69, 9.17) is 4.74 Å². The van der Waals surface area contributed by atoms with E-state index in [9.17, 15) is 4.79 Å². The van der Waals surface area contributed by atoms with Crippen LogP contribution in [0.5, 0.6) is 5.75 Å². The molecule has 0 aliphatic carbocycles. The second kappa shape index (κ2) is 5.71. The molecule has 1 aromatic rings. The van der Waals surface area contributed by atoms with Crippen molar-refractivity contribution in [3.8, 4) is 5.75 Å². The first-order chi connectivity index (χ1) is 7.17. The van der Waals surface area contributed by atoms with E-state index in [-0.39, 0.29) is 5.78 Å². The molecule has 0 aliphatic rings. The molecule has 0 unspecified atom stereocenters. The normalized spacial score (nSPS) is 9.73. The smallest absolute Gasteiger partial charge is 0.140 e. The first-order valence-electron chi connectivity index (χ1n) is 4.62. The second-order valence-corrected chi connectivity index (χ2v) is 4.03. The van der Waals surface area contributed by atoms with Crippen LogP contribution in [0.1, 0.15) is 12.0 Å². The third-order valence-electron chi connectivity index (χ3n) is 1.99.